The summed E-state index contributed by atoms with van der Waals surface area (Å²) in [5.74, 6) is 2.13. The maximum Gasteiger partial charge on any atom is 0.0148 e. The minimum absolute atomic E-state index is 0.827. The van der Waals surface area contributed by atoms with E-state index in [0.29, 0.717) is 0 Å². The zero-order valence-corrected chi connectivity index (χ0v) is 11.5. The Morgan fingerprint density at radius 2 is 1.13 bits per heavy atom. The SMILES string of the molecule is BrC1CCCCC(C2CCCCCC2)C1. The van der Waals surface area contributed by atoms with Crippen molar-refractivity contribution < 1.29 is 0 Å². The van der Waals surface area contributed by atoms with Gasteiger partial charge in [0.05, 0.1) is 0 Å². The minimum atomic E-state index is 0.827. The number of alkyl halides is 1. The van der Waals surface area contributed by atoms with Crippen molar-refractivity contribution >= 4 is 15.9 Å². The van der Waals surface area contributed by atoms with E-state index in [1.165, 1.54) is 70.6 Å². The molecule has 0 heterocycles. The van der Waals surface area contributed by atoms with Crippen LogP contribution in [0.3, 0.4) is 0 Å². The van der Waals surface area contributed by atoms with E-state index in [1.807, 2.05) is 0 Å². The van der Waals surface area contributed by atoms with Gasteiger partial charge in [-0.3, -0.25) is 0 Å². The second kappa shape index (κ2) is 6.27. The Kier molecular flexibility index (Phi) is 5.00. The Bertz CT molecular complexity index is 170. The predicted octanol–water partition coefficient (Wildman–Crippen LogP) is 5.30. The molecule has 2 rings (SSSR count). The van der Waals surface area contributed by atoms with E-state index in [-0.39, 0.29) is 0 Å². The summed E-state index contributed by atoms with van der Waals surface area (Å²) < 4.78 is 0. The summed E-state index contributed by atoms with van der Waals surface area (Å²) in [7, 11) is 0. The predicted molar refractivity (Wildman–Crippen MR) is 70.5 cm³/mol. The summed E-state index contributed by atoms with van der Waals surface area (Å²) in [6.45, 7) is 0. The van der Waals surface area contributed by atoms with Crippen LogP contribution in [0.15, 0.2) is 0 Å². The molecule has 0 aromatic heterocycles. The Morgan fingerprint density at radius 1 is 0.600 bits per heavy atom. The maximum absolute atomic E-state index is 3.86. The molecule has 2 saturated carbocycles. The van der Waals surface area contributed by atoms with Crippen molar-refractivity contribution in [1.82, 2.24) is 0 Å². The normalized spacial score (nSPS) is 35.8. The van der Waals surface area contributed by atoms with E-state index in [4.69, 9.17) is 0 Å². The van der Waals surface area contributed by atoms with E-state index in [9.17, 15) is 0 Å². The Balaban J connectivity index is 1.88. The fraction of sp³-hybridized carbons (Fsp3) is 1.00. The quantitative estimate of drug-likeness (QED) is 0.449. The van der Waals surface area contributed by atoms with Gasteiger partial charge in [0, 0.05) is 4.83 Å². The standard InChI is InChI=1S/C14H25Br/c15-14-10-6-5-9-13(11-14)12-7-3-1-2-4-8-12/h12-14H,1-11H2. The summed E-state index contributed by atoms with van der Waals surface area (Å²) in [6, 6.07) is 0. The molecular formula is C14H25Br. The molecule has 88 valence electrons. The Hall–Kier alpha value is 0.480. The highest BCUT2D eigenvalue weighted by Crippen LogP contribution is 2.38. The molecule has 0 N–H and O–H groups in total. The van der Waals surface area contributed by atoms with Crippen molar-refractivity contribution in [1.29, 1.82) is 0 Å². The molecule has 0 saturated heterocycles. The third kappa shape index (κ3) is 3.76. The van der Waals surface area contributed by atoms with Crippen LogP contribution < -0.4 is 0 Å². The third-order valence-electron chi connectivity index (χ3n) is 4.47. The van der Waals surface area contributed by atoms with Gasteiger partial charge >= 0.3 is 0 Å². The van der Waals surface area contributed by atoms with E-state index < -0.39 is 0 Å². The number of halogens is 1. The van der Waals surface area contributed by atoms with Gasteiger partial charge in [0.15, 0.2) is 0 Å². The first-order valence-electron chi connectivity index (χ1n) is 7.00. The van der Waals surface area contributed by atoms with Crippen molar-refractivity contribution in [2.75, 3.05) is 0 Å². The van der Waals surface area contributed by atoms with Crippen LogP contribution in [0.1, 0.15) is 70.6 Å². The zero-order valence-electron chi connectivity index (χ0n) is 9.89. The molecule has 0 aromatic rings. The molecule has 2 unspecified atom stereocenters. The summed E-state index contributed by atoms with van der Waals surface area (Å²) in [6.07, 6.45) is 16.4. The lowest BCUT2D eigenvalue weighted by Gasteiger charge is -2.26. The van der Waals surface area contributed by atoms with Crippen LogP contribution in [-0.2, 0) is 0 Å². The average Bonchev–Trinajstić information content (AvgIpc) is 2.59. The average molecular weight is 273 g/mol. The molecule has 0 amide bonds. The van der Waals surface area contributed by atoms with Crippen molar-refractivity contribution in [3.63, 3.8) is 0 Å². The van der Waals surface area contributed by atoms with Gasteiger partial charge in [0.2, 0.25) is 0 Å². The van der Waals surface area contributed by atoms with Crippen molar-refractivity contribution in [2.45, 2.75) is 75.5 Å². The van der Waals surface area contributed by atoms with E-state index in [1.54, 1.807) is 0 Å². The van der Waals surface area contributed by atoms with Crippen LogP contribution >= 0.6 is 15.9 Å². The van der Waals surface area contributed by atoms with Gasteiger partial charge in [0.1, 0.15) is 0 Å². The molecule has 0 aromatic carbocycles. The summed E-state index contributed by atoms with van der Waals surface area (Å²) in [4.78, 5) is 0.827. The third-order valence-corrected chi connectivity index (χ3v) is 5.30. The summed E-state index contributed by atoms with van der Waals surface area (Å²) >= 11 is 3.86. The smallest absolute Gasteiger partial charge is 0.0148 e. The second-order valence-corrected chi connectivity index (χ2v) is 6.92. The molecule has 1 heteroatoms. The monoisotopic (exact) mass is 272 g/mol. The van der Waals surface area contributed by atoms with Crippen LogP contribution in [0.4, 0.5) is 0 Å². The lowest BCUT2D eigenvalue weighted by Crippen LogP contribution is -2.16. The van der Waals surface area contributed by atoms with Crippen LogP contribution in [-0.4, -0.2) is 4.83 Å². The largest absolute Gasteiger partial charge is 0.0891 e. The molecular weight excluding hydrogens is 248 g/mol. The lowest BCUT2D eigenvalue weighted by molar-refractivity contribution is 0.271. The second-order valence-electron chi connectivity index (χ2n) is 5.63. The fourth-order valence-corrected chi connectivity index (χ4v) is 4.35. The Morgan fingerprint density at radius 3 is 1.87 bits per heavy atom. The molecule has 0 nitrogen and oxygen atoms in total. The zero-order chi connectivity index (χ0) is 10.5. The summed E-state index contributed by atoms with van der Waals surface area (Å²) in [5, 5.41) is 0. The molecule has 2 aliphatic rings. The van der Waals surface area contributed by atoms with Crippen LogP contribution in [0, 0.1) is 11.8 Å². The van der Waals surface area contributed by atoms with Gasteiger partial charge < -0.3 is 0 Å². The van der Waals surface area contributed by atoms with Gasteiger partial charge in [-0.25, -0.2) is 0 Å². The first kappa shape index (κ1) is 12.0. The summed E-state index contributed by atoms with van der Waals surface area (Å²) in [5.41, 5.74) is 0. The van der Waals surface area contributed by atoms with E-state index in [0.717, 1.165) is 16.7 Å². The molecule has 2 aliphatic carbocycles. The fourth-order valence-electron chi connectivity index (χ4n) is 3.55. The minimum Gasteiger partial charge on any atom is -0.0891 e. The first-order chi connectivity index (χ1) is 7.36. The Labute approximate surface area is 103 Å². The highest BCUT2D eigenvalue weighted by Gasteiger charge is 2.26. The van der Waals surface area contributed by atoms with Crippen molar-refractivity contribution in [3.05, 3.63) is 0 Å². The molecule has 15 heavy (non-hydrogen) atoms. The van der Waals surface area contributed by atoms with Gasteiger partial charge in [-0.05, 0) is 24.7 Å². The first-order valence-corrected chi connectivity index (χ1v) is 7.92. The molecule has 0 spiro atoms. The van der Waals surface area contributed by atoms with Crippen LogP contribution in [0.25, 0.3) is 0 Å². The van der Waals surface area contributed by atoms with Gasteiger partial charge in [-0.2, -0.15) is 0 Å². The number of hydrogen-bond acceptors (Lipinski definition) is 0. The van der Waals surface area contributed by atoms with E-state index >= 15 is 0 Å². The van der Waals surface area contributed by atoms with Gasteiger partial charge in [-0.15, -0.1) is 0 Å². The topological polar surface area (TPSA) is 0 Å². The maximum atomic E-state index is 3.86. The van der Waals surface area contributed by atoms with Crippen molar-refractivity contribution in [3.8, 4) is 0 Å². The number of rotatable bonds is 1. The molecule has 2 atom stereocenters. The highest BCUT2D eigenvalue weighted by atomic mass is 79.9. The van der Waals surface area contributed by atoms with Gasteiger partial charge in [0.25, 0.3) is 0 Å². The van der Waals surface area contributed by atoms with Gasteiger partial charge in [-0.1, -0.05) is 73.7 Å². The lowest BCUT2D eigenvalue weighted by atomic mass is 9.81. The molecule has 0 aliphatic heterocycles. The molecule has 0 bridgehead atoms. The highest BCUT2D eigenvalue weighted by molar-refractivity contribution is 9.09. The molecule has 2 fully saturated rings. The van der Waals surface area contributed by atoms with Crippen molar-refractivity contribution in [2.24, 2.45) is 11.8 Å². The number of hydrogen-bond donors (Lipinski definition) is 0. The van der Waals surface area contributed by atoms with Crippen LogP contribution in [0.2, 0.25) is 0 Å². The van der Waals surface area contributed by atoms with Crippen LogP contribution in [0.5, 0.6) is 0 Å². The van der Waals surface area contributed by atoms with E-state index in [2.05, 4.69) is 15.9 Å². The molecule has 0 radical (unpaired) electrons.